The molecule has 0 amide bonds. The molecule has 0 fully saturated rings. The van der Waals surface area contributed by atoms with Crippen LogP contribution in [0.1, 0.15) is 20.8 Å². The average Bonchev–Trinajstić information content (AvgIpc) is 1.63. The fraction of sp³-hybridized carbons (Fsp3) is 0.571. The van der Waals surface area contributed by atoms with Crippen molar-refractivity contribution in [3.63, 3.8) is 0 Å². The van der Waals surface area contributed by atoms with E-state index in [2.05, 4.69) is 12.6 Å². The van der Waals surface area contributed by atoms with Crippen molar-refractivity contribution < 1.29 is 4.79 Å². The molecule has 9 heavy (non-hydrogen) atoms. The third-order valence-electron chi connectivity index (χ3n) is 1.26. The number of hydrogen-bond acceptors (Lipinski definition) is 1. The van der Waals surface area contributed by atoms with Crippen LogP contribution in [-0.2, 0) is 4.79 Å². The molecule has 0 heterocycles. The Hall–Kier alpha value is -0.370. The van der Waals surface area contributed by atoms with Crippen LogP contribution in [0.15, 0.2) is 11.6 Å². The molecule has 1 radical (unpaired) electrons. The molecule has 1 nitrogen and oxygen atoms in total. The lowest BCUT2D eigenvalue weighted by Gasteiger charge is -2.00. The van der Waals surface area contributed by atoms with Crippen molar-refractivity contribution in [1.29, 1.82) is 0 Å². The van der Waals surface area contributed by atoms with E-state index >= 15 is 0 Å². The lowest BCUT2D eigenvalue weighted by Crippen LogP contribution is -1.90. The van der Waals surface area contributed by atoms with Crippen LogP contribution in [-0.4, -0.2) is 5.12 Å². The molecule has 0 bridgehead atoms. The van der Waals surface area contributed by atoms with E-state index in [0.29, 0.717) is 5.92 Å². The van der Waals surface area contributed by atoms with Gasteiger partial charge in [-0.05, 0) is 31.5 Å². The maximum absolute atomic E-state index is 10.3. The van der Waals surface area contributed by atoms with Crippen molar-refractivity contribution in [1.82, 2.24) is 0 Å². The van der Waals surface area contributed by atoms with Crippen LogP contribution in [0.25, 0.3) is 0 Å². The fourth-order valence-electron chi connectivity index (χ4n) is 0.353. The highest BCUT2D eigenvalue weighted by molar-refractivity contribution is 7.97. The predicted octanol–water partition coefficient (Wildman–Crippen LogP) is 2.31. The Labute approximate surface area is 61.6 Å². The normalized spacial score (nSPS) is 12.2. The van der Waals surface area contributed by atoms with E-state index < -0.39 is 0 Å². The minimum atomic E-state index is -0.277. The van der Waals surface area contributed by atoms with E-state index in [-0.39, 0.29) is 5.12 Å². The van der Waals surface area contributed by atoms with Crippen LogP contribution in [0.3, 0.4) is 0 Å². The summed E-state index contributed by atoms with van der Waals surface area (Å²) in [5.74, 6) is 0.428. The molecule has 0 N–H and O–H groups in total. The standard InChI is InChI=1S/C7H11OS/c1-5(2)6(3)4-7(8)9/h4-5H,1-3H3/b6-4+. The maximum Gasteiger partial charge on any atom is 0.242 e. The van der Waals surface area contributed by atoms with Crippen molar-refractivity contribution in [2.45, 2.75) is 20.8 Å². The molecule has 0 atom stereocenters. The number of allylic oxidation sites excluding steroid dienone is 1. The molecule has 0 aromatic heterocycles. The summed E-state index contributed by atoms with van der Waals surface area (Å²) in [5.41, 5.74) is 1.05. The monoisotopic (exact) mass is 143 g/mol. The molecule has 0 unspecified atom stereocenters. The summed E-state index contributed by atoms with van der Waals surface area (Å²) >= 11 is 4.36. The van der Waals surface area contributed by atoms with Gasteiger partial charge in [-0.3, -0.25) is 4.79 Å². The first kappa shape index (κ1) is 8.63. The molecule has 0 saturated carbocycles. The summed E-state index contributed by atoms with van der Waals surface area (Å²) in [6, 6.07) is 0. The topological polar surface area (TPSA) is 17.1 Å². The predicted molar refractivity (Wildman–Crippen MR) is 41.2 cm³/mol. The number of carbonyl (C=O) groups excluding carboxylic acids is 1. The first-order valence-electron chi connectivity index (χ1n) is 2.93. The molecular formula is C7H11OS. The van der Waals surface area contributed by atoms with Gasteiger partial charge in [0.25, 0.3) is 0 Å². The van der Waals surface area contributed by atoms with Gasteiger partial charge in [0.05, 0.1) is 0 Å². The molecule has 51 valence electrons. The smallest absolute Gasteiger partial charge is 0.242 e. The third kappa shape index (κ3) is 4.15. The first-order valence-corrected chi connectivity index (χ1v) is 3.34. The van der Waals surface area contributed by atoms with E-state index in [4.69, 9.17) is 0 Å². The molecule has 0 spiro atoms. The van der Waals surface area contributed by atoms with Gasteiger partial charge in [0.15, 0.2) is 0 Å². The highest BCUT2D eigenvalue weighted by Crippen LogP contribution is 2.07. The quantitative estimate of drug-likeness (QED) is 0.542. The molecule has 0 aliphatic heterocycles. The maximum atomic E-state index is 10.3. The largest absolute Gasteiger partial charge is 0.277 e. The van der Waals surface area contributed by atoms with E-state index in [1.807, 2.05) is 20.8 Å². The summed E-state index contributed by atoms with van der Waals surface area (Å²) in [7, 11) is 0. The summed E-state index contributed by atoms with van der Waals surface area (Å²) in [6.07, 6.45) is 1.50. The van der Waals surface area contributed by atoms with Gasteiger partial charge in [0, 0.05) is 0 Å². The van der Waals surface area contributed by atoms with Crippen LogP contribution in [0.4, 0.5) is 0 Å². The van der Waals surface area contributed by atoms with Crippen molar-refractivity contribution in [2.24, 2.45) is 5.92 Å². The first-order chi connectivity index (χ1) is 4.04. The summed E-state index contributed by atoms with van der Waals surface area (Å²) in [5, 5.41) is -0.277. The minimum Gasteiger partial charge on any atom is -0.277 e. The molecule has 0 aromatic rings. The number of rotatable bonds is 2. The van der Waals surface area contributed by atoms with Gasteiger partial charge in [0.1, 0.15) is 0 Å². The van der Waals surface area contributed by atoms with Crippen LogP contribution < -0.4 is 0 Å². The molecule has 0 rings (SSSR count). The lowest BCUT2D eigenvalue weighted by molar-refractivity contribution is -0.106. The van der Waals surface area contributed by atoms with E-state index in [9.17, 15) is 4.79 Å². The third-order valence-corrected chi connectivity index (χ3v) is 1.37. The Balaban J connectivity index is 4.00. The summed E-state index contributed by atoms with van der Waals surface area (Å²) in [4.78, 5) is 10.3. The second-order valence-corrected chi connectivity index (χ2v) is 2.76. The molecule has 0 aliphatic carbocycles. The fourth-order valence-corrected chi connectivity index (χ4v) is 0.538. The zero-order chi connectivity index (χ0) is 7.44. The Morgan fingerprint density at radius 2 is 2.00 bits per heavy atom. The van der Waals surface area contributed by atoms with Crippen LogP contribution in [0, 0.1) is 5.92 Å². The minimum absolute atomic E-state index is 0.277. The highest BCUT2D eigenvalue weighted by Gasteiger charge is 1.96. The molecule has 2 heteroatoms. The highest BCUT2D eigenvalue weighted by atomic mass is 32.1. The van der Waals surface area contributed by atoms with Gasteiger partial charge in [0.2, 0.25) is 5.12 Å². The van der Waals surface area contributed by atoms with Crippen LogP contribution >= 0.6 is 12.6 Å². The second-order valence-electron chi connectivity index (χ2n) is 2.36. The lowest BCUT2D eigenvalue weighted by atomic mass is 10.1. The number of hydrogen-bond donors (Lipinski definition) is 0. The number of carbonyl (C=O) groups is 1. The Bertz CT molecular complexity index is 136. The summed E-state index contributed by atoms with van der Waals surface area (Å²) < 4.78 is 0. The van der Waals surface area contributed by atoms with Crippen molar-refractivity contribution >= 4 is 17.7 Å². The van der Waals surface area contributed by atoms with Gasteiger partial charge < -0.3 is 0 Å². The summed E-state index contributed by atoms with van der Waals surface area (Å²) in [6.45, 7) is 5.98. The average molecular weight is 143 g/mol. The van der Waals surface area contributed by atoms with Crippen molar-refractivity contribution in [2.75, 3.05) is 0 Å². The molecule has 0 saturated heterocycles. The zero-order valence-electron chi connectivity index (χ0n) is 5.97. The second kappa shape index (κ2) is 3.62. The van der Waals surface area contributed by atoms with E-state index in [0.717, 1.165) is 5.57 Å². The van der Waals surface area contributed by atoms with Crippen molar-refractivity contribution in [3.8, 4) is 0 Å². The van der Waals surface area contributed by atoms with Crippen molar-refractivity contribution in [3.05, 3.63) is 11.6 Å². The Morgan fingerprint density at radius 3 is 2.11 bits per heavy atom. The van der Waals surface area contributed by atoms with Gasteiger partial charge in [-0.25, -0.2) is 0 Å². The molecule has 0 aliphatic rings. The van der Waals surface area contributed by atoms with Crippen LogP contribution in [0.5, 0.6) is 0 Å². The van der Waals surface area contributed by atoms with Gasteiger partial charge in [-0.2, -0.15) is 0 Å². The van der Waals surface area contributed by atoms with E-state index in [1.54, 1.807) is 0 Å². The zero-order valence-corrected chi connectivity index (χ0v) is 6.79. The Morgan fingerprint density at radius 1 is 1.56 bits per heavy atom. The Kier molecular flexibility index (Phi) is 3.47. The van der Waals surface area contributed by atoms with Gasteiger partial charge >= 0.3 is 0 Å². The molecule has 0 aromatic carbocycles. The molecular weight excluding hydrogens is 132 g/mol. The SMILES string of the molecule is C/C(=C\C(=O)[S])C(C)C. The van der Waals surface area contributed by atoms with Gasteiger partial charge in [-0.15, -0.1) is 0 Å². The van der Waals surface area contributed by atoms with E-state index in [1.165, 1.54) is 6.08 Å². The van der Waals surface area contributed by atoms with Gasteiger partial charge in [-0.1, -0.05) is 19.4 Å². The van der Waals surface area contributed by atoms with Crippen LogP contribution in [0.2, 0.25) is 0 Å².